The fraction of sp³-hybridized carbons (Fsp3) is 0.240. The summed E-state index contributed by atoms with van der Waals surface area (Å²) in [6.07, 6.45) is 0. The van der Waals surface area contributed by atoms with Crippen LogP contribution in [-0.2, 0) is 24.6 Å². The maximum atomic E-state index is 10.8. The van der Waals surface area contributed by atoms with Crippen LogP contribution in [0.2, 0.25) is 0 Å². The largest absolute Gasteiger partial charge is 0.463 e. The van der Waals surface area contributed by atoms with Crippen molar-refractivity contribution in [1.29, 1.82) is 0 Å². The van der Waals surface area contributed by atoms with Gasteiger partial charge in [0.15, 0.2) is 0 Å². The van der Waals surface area contributed by atoms with E-state index in [9.17, 15) is 4.79 Å². The molecule has 0 heterocycles. The minimum Gasteiger partial charge on any atom is -0.463 e. The van der Waals surface area contributed by atoms with Crippen LogP contribution in [-0.4, -0.2) is 32.4 Å². The third kappa shape index (κ3) is 5.31. The quantitative estimate of drug-likeness (QED) is 0.289. The predicted octanol–water partition coefficient (Wildman–Crippen LogP) is 4.57. The van der Waals surface area contributed by atoms with E-state index < -0.39 is 5.60 Å². The van der Waals surface area contributed by atoms with E-state index in [1.54, 1.807) is 0 Å². The number of hydrogen-bond acceptors (Lipinski definition) is 4. The Kier molecular flexibility index (Phi) is 7.56. The highest BCUT2D eigenvalue weighted by atomic mass is 16.6. The number of carbonyl (C=O) groups is 1. The molecule has 0 aliphatic heterocycles. The number of rotatable bonds is 10. The summed E-state index contributed by atoms with van der Waals surface area (Å²) in [6.45, 7) is 2.76. The lowest BCUT2D eigenvalue weighted by Gasteiger charge is -2.36. The Labute approximate surface area is 172 Å². The van der Waals surface area contributed by atoms with Crippen LogP contribution in [0.1, 0.15) is 23.6 Å². The van der Waals surface area contributed by atoms with E-state index in [4.69, 9.17) is 14.2 Å². The second-order valence-electron chi connectivity index (χ2n) is 6.58. The van der Waals surface area contributed by atoms with Gasteiger partial charge in [-0.25, -0.2) is 0 Å². The molecule has 29 heavy (non-hydrogen) atoms. The molecule has 3 aromatic rings. The first-order valence-corrected chi connectivity index (χ1v) is 9.75. The van der Waals surface area contributed by atoms with Gasteiger partial charge in [-0.05, 0) is 16.7 Å². The lowest BCUT2D eigenvalue weighted by atomic mass is 9.80. The van der Waals surface area contributed by atoms with Crippen LogP contribution in [0.25, 0.3) is 0 Å². The Morgan fingerprint density at radius 3 is 1.48 bits per heavy atom. The number of benzene rings is 3. The fourth-order valence-electron chi connectivity index (χ4n) is 3.37. The molecule has 0 amide bonds. The maximum Gasteiger partial charge on any atom is 0.302 e. The van der Waals surface area contributed by atoms with Crippen molar-refractivity contribution in [2.75, 3.05) is 26.4 Å². The summed E-state index contributed by atoms with van der Waals surface area (Å²) in [5, 5.41) is 0. The van der Waals surface area contributed by atoms with Crippen molar-refractivity contribution >= 4 is 5.97 Å². The van der Waals surface area contributed by atoms with Crippen LogP contribution in [0.5, 0.6) is 0 Å². The highest BCUT2D eigenvalue weighted by Gasteiger charge is 2.37. The van der Waals surface area contributed by atoms with Crippen molar-refractivity contribution in [1.82, 2.24) is 0 Å². The molecule has 0 saturated heterocycles. The van der Waals surface area contributed by atoms with Gasteiger partial charge in [0.25, 0.3) is 0 Å². The minimum atomic E-state index is -0.747. The minimum absolute atomic E-state index is 0.247. The molecule has 0 aromatic heterocycles. The molecular formula is C25H26O4. The monoisotopic (exact) mass is 390 g/mol. The molecule has 3 aromatic carbocycles. The summed E-state index contributed by atoms with van der Waals surface area (Å²) >= 11 is 0. The van der Waals surface area contributed by atoms with E-state index in [1.165, 1.54) is 6.92 Å². The second-order valence-corrected chi connectivity index (χ2v) is 6.58. The van der Waals surface area contributed by atoms with Gasteiger partial charge < -0.3 is 14.2 Å². The van der Waals surface area contributed by atoms with Crippen LogP contribution >= 0.6 is 0 Å². The van der Waals surface area contributed by atoms with E-state index in [0.29, 0.717) is 19.8 Å². The van der Waals surface area contributed by atoms with Gasteiger partial charge >= 0.3 is 5.97 Å². The number of hydrogen-bond donors (Lipinski definition) is 0. The summed E-state index contributed by atoms with van der Waals surface area (Å²) in [4.78, 5) is 10.8. The molecule has 0 atom stereocenters. The molecule has 4 heteroatoms. The Bertz CT molecular complexity index is 766. The summed E-state index contributed by atoms with van der Waals surface area (Å²) in [5.74, 6) is -0.305. The zero-order valence-electron chi connectivity index (χ0n) is 16.6. The first kappa shape index (κ1) is 20.8. The third-order valence-electron chi connectivity index (χ3n) is 4.62. The van der Waals surface area contributed by atoms with Gasteiger partial charge in [0.2, 0.25) is 0 Å². The van der Waals surface area contributed by atoms with Crippen molar-refractivity contribution in [2.24, 2.45) is 0 Å². The number of ether oxygens (including phenoxy) is 3. The van der Waals surface area contributed by atoms with Gasteiger partial charge in [-0.3, -0.25) is 4.79 Å². The van der Waals surface area contributed by atoms with Crippen molar-refractivity contribution < 1.29 is 19.0 Å². The normalized spacial score (nSPS) is 11.2. The van der Waals surface area contributed by atoms with E-state index in [2.05, 4.69) is 36.4 Å². The lowest BCUT2D eigenvalue weighted by molar-refractivity contribution is -0.142. The summed E-state index contributed by atoms with van der Waals surface area (Å²) in [6, 6.07) is 30.7. The predicted molar refractivity (Wildman–Crippen MR) is 113 cm³/mol. The molecule has 0 fully saturated rings. The van der Waals surface area contributed by atoms with Gasteiger partial charge in [0, 0.05) is 6.92 Å². The van der Waals surface area contributed by atoms with E-state index in [1.807, 2.05) is 54.6 Å². The molecular weight excluding hydrogens is 364 g/mol. The second kappa shape index (κ2) is 10.6. The first-order valence-electron chi connectivity index (χ1n) is 9.75. The van der Waals surface area contributed by atoms with Gasteiger partial charge in [0.1, 0.15) is 12.2 Å². The van der Waals surface area contributed by atoms with Crippen LogP contribution in [0.15, 0.2) is 91.0 Å². The van der Waals surface area contributed by atoms with Crippen molar-refractivity contribution in [3.8, 4) is 0 Å². The highest BCUT2D eigenvalue weighted by Crippen LogP contribution is 2.40. The molecule has 0 unspecified atom stereocenters. The molecule has 0 aliphatic carbocycles. The Morgan fingerprint density at radius 1 is 0.655 bits per heavy atom. The molecule has 0 radical (unpaired) electrons. The first-order chi connectivity index (χ1) is 14.2. The standard InChI is InChI=1S/C25H26O4/c1-21(26)28-19-17-27-18-20-29-25(22-11-5-2-6-12-22,23-13-7-3-8-14-23)24-15-9-4-10-16-24/h2-16H,17-20H2,1H3. The topological polar surface area (TPSA) is 44.8 Å². The van der Waals surface area contributed by atoms with Crippen LogP contribution in [0.4, 0.5) is 0 Å². The van der Waals surface area contributed by atoms with Gasteiger partial charge in [0.05, 0.1) is 19.8 Å². The lowest BCUT2D eigenvalue weighted by Crippen LogP contribution is -2.34. The zero-order valence-corrected chi connectivity index (χ0v) is 16.6. The van der Waals surface area contributed by atoms with Crippen molar-refractivity contribution in [3.05, 3.63) is 108 Å². The maximum absolute atomic E-state index is 10.8. The zero-order chi connectivity index (χ0) is 20.4. The number of carbonyl (C=O) groups excluding carboxylic acids is 1. The molecule has 0 spiro atoms. The van der Waals surface area contributed by atoms with E-state index in [-0.39, 0.29) is 12.6 Å². The summed E-state index contributed by atoms with van der Waals surface area (Å²) < 4.78 is 17.1. The average molecular weight is 390 g/mol. The Morgan fingerprint density at radius 2 is 1.07 bits per heavy atom. The fourth-order valence-corrected chi connectivity index (χ4v) is 3.37. The van der Waals surface area contributed by atoms with Crippen molar-refractivity contribution in [3.63, 3.8) is 0 Å². The van der Waals surface area contributed by atoms with Crippen molar-refractivity contribution in [2.45, 2.75) is 12.5 Å². The Hall–Kier alpha value is -2.95. The molecule has 4 nitrogen and oxygen atoms in total. The molecule has 3 rings (SSSR count). The van der Waals surface area contributed by atoms with Crippen LogP contribution in [0.3, 0.4) is 0 Å². The van der Waals surface area contributed by atoms with Gasteiger partial charge in [-0.2, -0.15) is 0 Å². The molecule has 150 valence electrons. The molecule has 0 N–H and O–H groups in total. The smallest absolute Gasteiger partial charge is 0.302 e. The molecule has 0 aliphatic rings. The van der Waals surface area contributed by atoms with Gasteiger partial charge in [-0.15, -0.1) is 0 Å². The van der Waals surface area contributed by atoms with E-state index in [0.717, 1.165) is 16.7 Å². The SMILES string of the molecule is CC(=O)OCCOCCOC(c1ccccc1)(c1ccccc1)c1ccccc1. The summed E-state index contributed by atoms with van der Waals surface area (Å²) in [7, 11) is 0. The van der Waals surface area contributed by atoms with Gasteiger partial charge in [-0.1, -0.05) is 91.0 Å². The average Bonchev–Trinajstić information content (AvgIpc) is 2.77. The van der Waals surface area contributed by atoms with Crippen LogP contribution < -0.4 is 0 Å². The Balaban J connectivity index is 1.86. The highest BCUT2D eigenvalue weighted by molar-refractivity contribution is 5.65. The third-order valence-corrected chi connectivity index (χ3v) is 4.62. The molecule has 0 saturated carbocycles. The molecule has 0 bridgehead atoms. The number of esters is 1. The summed E-state index contributed by atoms with van der Waals surface area (Å²) in [5.41, 5.74) is 2.41. The van der Waals surface area contributed by atoms with Crippen LogP contribution in [0, 0.1) is 0 Å². The van der Waals surface area contributed by atoms with E-state index >= 15 is 0 Å².